The molecule has 3 aliphatic carbocycles. The van der Waals surface area contributed by atoms with E-state index in [0.29, 0.717) is 35.5 Å². The highest BCUT2D eigenvalue weighted by atomic mass is 16.3. The average Bonchev–Trinajstić information content (AvgIpc) is 2.85. The molecule has 0 saturated heterocycles. The largest absolute Gasteiger partial charge is 0.393 e. The molecule has 20 heavy (non-hydrogen) atoms. The fraction of sp³-hybridized carbons (Fsp3) is 1.00. The lowest BCUT2D eigenvalue weighted by atomic mass is 9.64. The molecule has 8 unspecified atom stereocenters. The zero-order chi connectivity index (χ0) is 15.0. The van der Waals surface area contributed by atoms with Crippen molar-refractivity contribution < 1.29 is 10.2 Å². The number of fused-ring (bicyclic) bond motifs is 5. The molecule has 0 aromatic carbocycles. The maximum absolute atomic E-state index is 10.8. The molecule has 0 heterocycles. The quantitative estimate of drug-likeness (QED) is 0.714. The molecule has 2 heteroatoms. The summed E-state index contributed by atoms with van der Waals surface area (Å²) in [5.41, 5.74) is 0.347. The van der Waals surface area contributed by atoms with E-state index in [0.717, 1.165) is 12.8 Å². The molecule has 0 radical (unpaired) electrons. The highest BCUT2D eigenvalue weighted by Gasteiger charge is 2.65. The van der Waals surface area contributed by atoms with Crippen LogP contribution in [0.15, 0.2) is 0 Å². The maximum atomic E-state index is 10.8. The van der Waals surface area contributed by atoms with Gasteiger partial charge < -0.3 is 10.2 Å². The van der Waals surface area contributed by atoms with Crippen LogP contribution in [0.25, 0.3) is 0 Å². The Balaban J connectivity index is 1.88. The number of aliphatic hydroxyl groups is 2. The topological polar surface area (TPSA) is 40.5 Å². The van der Waals surface area contributed by atoms with E-state index in [1.807, 2.05) is 0 Å². The third kappa shape index (κ3) is 1.90. The Labute approximate surface area is 124 Å². The Kier molecular flexibility index (Phi) is 3.14. The van der Waals surface area contributed by atoms with Gasteiger partial charge in [0.1, 0.15) is 0 Å². The van der Waals surface area contributed by atoms with Crippen LogP contribution in [0.5, 0.6) is 0 Å². The van der Waals surface area contributed by atoms with Crippen LogP contribution in [-0.4, -0.2) is 22.4 Å². The molecule has 2 N–H and O–H groups in total. The van der Waals surface area contributed by atoms with Crippen LogP contribution in [0.3, 0.4) is 0 Å². The predicted molar refractivity (Wildman–Crippen MR) is 81.1 cm³/mol. The molecule has 3 aliphatic rings. The van der Waals surface area contributed by atoms with Crippen LogP contribution in [0, 0.1) is 46.3 Å². The van der Waals surface area contributed by atoms with Gasteiger partial charge in [-0.3, -0.25) is 0 Å². The fourth-order valence-electron chi connectivity index (χ4n) is 6.11. The number of hydrogen-bond donors (Lipinski definition) is 2. The summed E-state index contributed by atoms with van der Waals surface area (Å²) < 4.78 is 0. The summed E-state index contributed by atoms with van der Waals surface area (Å²) in [4.78, 5) is 0. The van der Waals surface area contributed by atoms with Crippen molar-refractivity contribution in [3.63, 3.8) is 0 Å². The molecule has 0 aromatic rings. The molecule has 3 rings (SSSR count). The summed E-state index contributed by atoms with van der Waals surface area (Å²) >= 11 is 0. The monoisotopic (exact) mass is 280 g/mol. The van der Waals surface area contributed by atoms with Gasteiger partial charge in [-0.25, -0.2) is 0 Å². The maximum Gasteiger partial charge on any atom is 0.0608 e. The molecule has 8 atom stereocenters. The Bertz CT molecular complexity index is 389. The van der Waals surface area contributed by atoms with E-state index >= 15 is 0 Å². The van der Waals surface area contributed by atoms with Crippen molar-refractivity contribution in [2.24, 2.45) is 46.3 Å². The zero-order valence-corrected chi connectivity index (χ0v) is 13.9. The van der Waals surface area contributed by atoms with Crippen molar-refractivity contribution in [2.75, 3.05) is 0 Å². The van der Waals surface area contributed by atoms with Crippen LogP contribution in [0.2, 0.25) is 0 Å². The summed E-state index contributed by atoms with van der Waals surface area (Å²) in [5.74, 6) is 2.79. The lowest BCUT2D eigenvalue weighted by Gasteiger charge is -2.43. The van der Waals surface area contributed by atoms with Crippen LogP contribution in [0.4, 0.5) is 0 Å². The molecule has 0 aliphatic heterocycles. The van der Waals surface area contributed by atoms with Gasteiger partial charge in [-0.05, 0) is 59.2 Å². The predicted octanol–water partition coefficient (Wildman–Crippen LogP) is 3.32. The molecular formula is C18H32O2. The molecule has 0 aromatic heterocycles. The summed E-state index contributed by atoms with van der Waals surface area (Å²) in [6.07, 6.45) is 1.91. The molecule has 3 saturated carbocycles. The molecule has 0 spiro atoms. The first-order valence-corrected chi connectivity index (χ1v) is 8.39. The summed E-state index contributed by atoms with van der Waals surface area (Å²) in [6, 6.07) is 0. The van der Waals surface area contributed by atoms with Gasteiger partial charge in [-0.15, -0.1) is 0 Å². The van der Waals surface area contributed by atoms with E-state index < -0.39 is 0 Å². The number of aliphatic hydroxyl groups excluding tert-OH is 2. The highest BCUT2D eigenvalue weighted by Crippen LogP contribution is 2.66. The van der Waals surface area contributed by atoms with E-state index in [1.165, 1.54) is 0 Å². The van der Waals surface area contributed by atoms with Gasteiger partial charge in [0.15, 0.2) is 0 Å². The average molecular weight is 280 g/mol. The second kappa shape index (κ2) is 4.23. The van der Waals surface area contributed by atoms with Crippen molar-refractivity contribution in [1.29, 1.82) is 0 Å². The summed E-state index contributed by atoms with van der Waals surface area (Å²) in [5, 5.41) is 21.6. The van der Waals surface area contributed by atoms with Gasteiger partial charge in [-0.2, -0.15) is 0 Å². The second-order valence-electron chi connectivity index (χ2n) is 9.89. The van der Waals surface area contributed by atoms with Crippen molar-refractivity contribution >= 4 is 0 Å². The SMILES string of the molecule is CC(C)(C)C1CC2C3CC(C(O)C3C(C)(C)C)C2C1O. The lowest BCUT2D eigenvalue weighted by Crippen LogP contribution is -2.45. The molecule has 2 nitrogen and oxygen atoms in total. The van der Waals surface area contributed by atoms with E-state index in [9.17, 15) is 10.2 Å². The van der Waals surface area contributed by atoms with Crippen molar-refractivity contribution in [3.8, 4) is 0 Å². The first kappa shape index (κ1) is 14.8. The highest BCUT2D eigenvalue weighted by molar-refractivity contribution is 5.14. The Morgan fingerprint density at radius 1 is 0.700 bits per heavy atom. The van der Waals surface area contributed by atoms with Crippen molar-refractivity contribution in [3.05, 3.63) is 0 Å². The molecular weight excluding hydrogens is 248 g/mol. The van der Waals surface area contributed by atoms with E-state index in [4.69, 9.17) is 0 Å². The van der Waals surface area contributed by atoms with Crippen LogP contribution in [0.1, 0.15) is 54.4 Å². The Morgan fingerprint density at radius 3 is 1.80 bits per heavy atom. The van der Waals surface area contributed by atoms with Crippen LogP contribution >= 0.6 is 0 Å². The fourth-order valence-corrected chi connectivity index (χ4v) is 6.11. The normalized spacial score (nSPS) is 51.6. The van der Waals surface area contributed by atoms with Crippen molar-refractivity contribution in [1.82, 2.24) is 0 Å². The standard InChI is InChI=1S/C18H32O2/c1-17(2,3)12-8-9-10-7-11(13(9)16(12)20)15(19)14(10)18(4,5)6/h9-16,19-20H,7-8H2,1-6H3. The van der Waals surface area contributed by atoms with Crippen LogP contribution < -0.4 is 0 Å². The smallest absolute Gasteiger partial charge is 0.0608 e. The Hall–Kier alpha value is -0.0800. The summed E-state index contributed by atoms with van der Waals surface area (Å²) in [6.45, 7) is 13.6. The van der Waals surface area contributed by atoms with Crippen LogP contribution in [-0.2, 0) is 0 Å². The molecule has 3 fully saturated rings. The lowest BCUT2D eigenvalue weighted by molar-refractivity contribution is -0.0618. The van der Waals surface area contributed by atoms with Gasteiger partial charge in [0, 0.05) is 0 Å². The first-order valence-electron chi connectivity index (χ1n) is 8.39. The van der Waals surface area contributed by atoms with Gasteiger partial charge >= 0.3 is 0 Å². The van der Waals surface area contributed by atoms with Gasteiger partial charge in [0.25, 0.3) is 0 Å². The van der Waals surface area contributed by atoms with E-state index in [1.54, 1.807) is 0 Å². The number of hydrogen-bond acceptors (Lipinski definition) is 2. The van der Waals surface area contributed by atoms with E-state index in [2.05, 4.69) is 41.5 Å². The third-order valence-electron chi connectivity index (χ3n) is 6.80. The molecule has 116 valence electrons. The Morgan fingerprint density at radius 2 is 1.30 bits per heavy atom. The van der Waals surface area contributed by atoms with Gasteiger partial charge in [0.2, 0.25) is 0 Å². The third-order valence-corrected chi connectivity index (χ3v) is 6.80. The van der Waals surface area contributed by atoms with Gasteiger partial charge in [-0.1, -0.05) is 41.5 Å². The summed E-state index contributed by atoms with van der Waals surface area (Å²) in [7, 11) is 0. The number of rotatable bonds is 0. The molecule has 2 bridgehead atoms. The van der Waals surface area contributed by atoms with Crippen molar-refractivity contribution in [2.45, 2.75) is 66.6 Å². The minimum atomic E-state index is -0.203. The molecule has 0 amide bonds. The first-order chi connectivity index (χ1) is 9.03. The minimum absolute atomic E-state index is 0.172. The second-order valence-corrected chi connectivity index (χ2v) is 9.89. The van der Waals surface area contributed by atoms with E-state index in [-0.39, 0.29) is 23.0 Å². The zero-order valence-electron chi connectivity index (χ0n) is 13.9. The minimum Gasteiger partial charge on any atom is -0.393 e. The van der Waals surface area contributed by atoms with Gasteiger partial charge in [0.05, 0.1) is 12.2 Å².